The van der Waals surface area contributed by atoms with Gasteiger partial charge in [0.15, 0.2) is 0 Å². The largest absolute Gasteiger partial charge is 0.479 e. The summed E-state index contributed by atoms with van der Waals surface area (Å²) in [4.78, 5) is 14.6. The smallest absolute Gasteiger partial charge is 0.238 e. The standard InChI is InChI=1S/C21H21ClN4O2/c1-13-11-26(12-23-13)20-8-7-18(24-21(20)27-3)19-10-17(14(2)28-25-19)15-5-4-6-16(22)9-15/h4-9,11-12,14,17H,10H2,1-3H3. The molecule has 0 aliphatic carbocycles. The molecule has 2 unspecified atom stereocenters. The summed E-state index contributed by atoms with van der Waals surface area (Å²) in [6.45, 7) is 3.96. The molecule has 3 aromatic rings. The van der Waals surface area contributed by atoms with Crippen molar-refractivity contribution in [2.45, 2.75) is 32.3 Å². The van der Waals surface area contributed by atoms with Crippen molar-refractivity contribution in [2.75, 3.05) is 7.11 Å². The molecule has 0 saturated carbocycles. The predicted molar refractivity (Wildman–Crippen MR) is 109 cm³/mol. The third-order valence-corrected chi connectivity index (χ3v) is 5.14. The number of pyridine rings is 1. The van der Waals surface area contributed by atoms with Gasteiger partial charge in [-0.2, -0.15) is 0 Å². The van der Waals surface area contributed by atoms with E-state index < -0.39 is 0 Å². The highest BCUT2D eigenvalue weighted by atomic mass is 35.5. The van der Waals surface area contributed by atoms with Crippen LogP contribution in [0.25, 0.3) is 5.69 Å². The second-order valence-electron chi connectivity index (χ2n) is 6.86. The quantitative estimate of drug-likeness (QED) is 0.649. The summed E-state index contributed by atoms with van der Waals surface area (Å²) < 4.78 is 7.41. The lowest BCUT2D eigenvalue weighted by molar-refractivity contribution is 0.0420. The van der Waals surface area contributed by atoms with Crippen LogP contribution in [0.4, 0.5) is 0 Å². The number of hydrogen-bond donors (Lipinski definition) is 0. The van der Waals surface area contributed by atoms with Crippen LogP contribution in [0.5, 0.6) is 5.88 Å². The first kappa shape index (κ1) is 18.5. The van der Waals surface area contributed by atoms with Crippen molar-refractivity contribution in [3.8, 4) is 11.6 Å². The molecule has 2 atom stereocenters. The fraction of sp³-hybridized carbons (Fsp3) is 0.286. The molecule has 28 heavy (non-hydrogen) atoms. The van der Waals surface area contributed by atoms with Crippen LogP contribution in [-0.2, 0) is 4.84 Å². The second kappa shape index (κ2) is 7.64. The lowest BCUT2D eigenvalue weighted by Gasteiger charge is -2.28. The highest BCUT2D eigenvalue weighted by Gasteiger charge is 2.29. The van der Waals surface area contributed by atoms with Gasteiger partial charge in [0.05, 0.1) is 24.8 Å². The Morgan fingerprint density at radius 1 is 1.25 bits per heavy atom. The Kier molecular flexibility index (Phi) is 5.05. The highest BCUT2D eigenvalue weighted by Crippen LogP contribution is 2.33. The van der Waals surface area contributed by atoms with Crippen LogP contribution in [0.15, 0.2) is 54.1 Å². The fourth-order valence-corrected chi connectivity index (χ4v) is 3.60. The lowest BCUT2D eigenvalue weighted by atomic mass is 9.87. The van der Waals surface area contributed by atoms with E-state index in [-0.39, 0.29) is 12.0 Å². The molecule has 3 heterocycles. The molecule has 1 aliphatic rings. The third kappa shape index (κ3) is 3.60. The molecule has 0 spiro atoms. The van der Waals surface area contributed by atoms with Gasteiger partial charge in [0, 0.05) is 23.6 Å². The van der Waals surface area contributed by atoms with E-state index >= 15 is 0 Å². The molecule has 1 aliphatic heterocycles. The molecule has 7 heteroatoms. The zero-order valence-corrected chi connectivity index (χ0v) is 16.7. The summed E-state index contributed by atoms with van der Waals surface area (Å²) >= 11 is 6.17. The minimum absolute atomic E-state index is 0.0442. The zero-order valence-electron chi connectivity index (χ0n) is 16.0. The van der Waals surface area contributed by atoms with Gasteiger partial charge in [0.25, 0.3) is 0 Å². The fourth-order valence-electron chi connectivity index (χ4n) is 3.40. The van der Waals surface area contributed by atoms with Crippen molar-refractivity contribution in [1.29, 1.82) is 0 Å². The number of benzene rings is 1. The molecule has 0 amide bonds. The Labute approximate surface area is 168 Å². The summed E-state index contributed by atoms with van der Waals surface area (Å²) in [6.07, 6.45) is 4.34. The predicted octanol–water partition coefficient (Wildman–Crippen LogP) is 4.53. The third-order valence-electron chi connectivity index (χ3n) is 4.90. The average molecular weight is 397 g/mol. The Morgan fingerprint density at radius 2 is 2.11 bits per heavy atom. The van der Waals surface area contributed by atoms with Crippen molar-refractivity contribution < 1.29 is 9.57 Å². The first-order valence-corrected chi connectivity index (χ1v) is 9.47. The number of methoxy groups -OCH3 is 1. The molecule has 0 N–H and O–H groups in total. The van der Waals surface area contributed by atoms with Crippen molar-refractivity contribution >= 4 is 17.3 Å². The topological polar surface area (TPSA) is 61.5 Å². The molecule has 0 bridgehead atoms. The number of imidazole rings is 1. The van der Waals surface area contributed by atoms with Gasteiger partial charge in [-0.25, -0.2) is 9.97 Å². The molecule has 1 aromatic carbocycles. The Bertz CT molecular complexity index is 1030. The Morgan fingerprint density at radius 3 is 2.82 bits per heavy atom. The molecule has 144 valence electrons. The normalized spacial score (nSPS) is 19.1. The highest BCUT2D eigenvalue weighted by molar-refractivity contribution is 6.30. The SMILES string of the molecule is COc1nc(C2=NOC(C)C(c3cccc(Cl)c3)C2)ccc1-n1cnc(C)c1. The van der Waals surface area contributed by atoms with Crippen molar-refractivity contribution in [3.05, 3.63) is 70.9 Å². The maximum Gasteiger partial charge on any atom is 0.238 e. The summed E-state index contributed by atoms with van der Waals surface area (Å²) in [7, 11) is 1.61. The van der Waals surface area contributed by atoms with Crippen LogP contribution in [0, 0.1) is 6.92 Å². The Balaban J connectivity index is 1.65. The van der Waals surface area contributed by atoms with Crippen LogP contribution < -0.4 is 4.74 Å². The van der Waals surface area contributed by atoms with Gasteiger partial charge in [-0.15, -0.1) is 0 Å². The number of aryl methyl sites for hydroxylation is 1. The summed E-state index contributed by atoms with van der Waals surface area (Å²) in [5, 5.41) is 5.02. The van der Waals surface area contributed by atoms with Crippen molar-refractivity contribution in [2.24, 2.45) is 5.16 Å². The Hall–Kier alpha value is -2.86. The summed E-state index contributed by atoms with van der Waals surface area (Å²) in [5.74, 6) is 0.658. The lowest BCUT2D eigenvalue weighted by Crippen LogP contribution is -2.26. The van der Waals surface area contributed by atoms with Crippen molar-refractivity contribution in [1.82, 2.24) is 14.5 Å². The van der Waals surface area contributed by atoms with Gasteiger partial charge in [-0.3, -0.25) is 0 Å². The monoisotopic (exact) mass is 396 g/mol. The number of rotatable bonds is 4. The van der Waals surface area contributed by atoms with E-state index in [1.165, 1.54) is 0 Å². The minimum Gasteiger partial charge on any atom is -0.479 e. The molecule has 4 rings (SSSR count). The van der Waals surface area contributed by atoms with Crippen LogP contribution in [-0.4, -0.2) is 33.5 Å². The van der Waals surface area contributed by atoms with Gasteiger partial charge in [-0.05, 0) is 43.7 Å². The minimum atomic E-state index is -0.0442. The van der Waals surface area contributed by atoms with Gasteiger partial charge < -0.3 is 14.1 Å². The van der Waals surface area contributed by atoms with E-state index in [1.807, 2.05) is 54.9 Å². The molecule has 2 aromatic heterocycles. The maximum atomic E-state index is 6.17. The first-order valence-electron chi connectivity index (χ1n) is 9.09. The van der Waals surface area contributed by atoms with E-state index in [0.717, 1.165) is 28.4 Å². The van der Waals surface area contributed by atoms with Crippen molar-refractivity contribution in [3.63, 3.8) is 0 Å². The number of nitrogens with zero attached hydrogens (tertiary/aromatic N) is 4. The maximum absolute atomic E-state index is 6.17. The van der Waals surface area contributed by atoms with E-state index in [1.54, 1.807) is 13.4 Å². The number of oxime groups is 1. The first-order chi connectivity index (χ1) is 13.5. The summed E-state index contributed by atoms with van der Waals surface area (Å²) in [5.41, 5.74) is 4.40. The van der Waals surface area contributed by atoms with E-state index in [9.17, 15) is 0 Å². The molecular formula is C21H21ClN4O2. The molecule has 0 radical (unpaired) electrons. The molecular weight excluding hydrogens is 376 g/mol. The zero-order chi connectivity index (χ0) is 19.7. The van der Waals surface area contributed by atoms with Crippen LogP contribution in [0.3, 0.4) is 0 Å². The molecule has 0 saturated heterocycles. The van der Waals surface area contributed by atoms with Gasteiger partial charge in [-0.1, -0.05) is 28.9 Å². The van der Waals surface area contributed by atoms with Gasteiger partial charge in [0.2, 0.25) is 5.88 Å². The summed E-state index contributed by atoms with van der Waals surface area (Å²) in [6, 6.07) is 11.8. The second-order valence-corrected chi connectivity index (χ2v) is 7.30. The van der Waals surface area contributed by atoms with Gasteiger partial charge in [0.1, 0.15) is 17.5 Å². The van der Waals surface area contributed by atoms with Gasteiger partial charge >= 0.3 is 0 Å². The van der Waals surface area contributed by atoms with Crippen LogP contribution in [0.1, 0.15) is 36.2 Å². The number of ether oxygens (including phenoxy) is 1. The van der Waals surface area contributed by atoms with E-state index in [4.69, 9.17) is 21.2 Å². The number of aromatic nitrogens is 3. The average Bonchev–Trinajstić information content (AvgIpc) is 3.14. The number of halogens is 1. The van der Waals surface area contributed by atoms with Crippen LogP contribution in [0.2, 0.25) is 5.02 Å². The van der Waals surface area contributed by atoms with Crippen LogP contribution >= 0.6 is 11.6 Å². The van der Waals surface area contributed by atoms with E-state index in [2.05, 4.69) is 21.2 Å². The molecule has 0 fully saturated rings. The van der Waals surface area contributed by atoms with E-state index in [0.29, 0.717) is 17.3 Å². The molecule has 6 nitrogen and oxygen atoms in total. The number of hydrogen-bond acceptors (Lipinski definition) is 5.